The Hall–Kier alpha value is -1.06. The smallest absolute Gasteiger partial charge is 0.0648 e. The Morgan fingerprint density at radius 2 is 2.11 bits per heavy atom. The molecule has 2 rings (SSSR count). The van der Waals surface area contributed by atoms with Crippen LogP contribution in [0, 0.1) is 6.92 Å². The van der Waals surface area contributed by atoms with E-state index in [0.29, 0.717) is 0 Å². The molecule has 3 heteroatoms. The summed E-state index contributed by atoms with van der Waals surface area (Å²) < 4.78 is 0. The molecule has 1 saturated heterocycles. The van der Waals surface area contributed by atoms with Crippen molar-refractivity contribution >= 4 is 5.69 Å². The zero-order valence-electron chi connectivity index (χ0n) is 11.8. The van der Waals surface area contributed by atoms with Crippen LogP contribution < -0.4 is 4.90 Å². The van der Waals surface area contributed by atoms with Gasteiger partial charge in [-0.3, -0.25) is 4.90 Å². The zero-order chi connectivity index (χ0) is 13.3. The number of rotatable bonds is 2. The summed E-state index contributed by atoms with van der Waals surface area (Å²) in [6, 6.07) is 8.72. The molecule has 1 aromatic rings. The standard InChI is InChI=1S/C15H24N2O/c1-12-6-5-7-13(8-12)17-11-15(2,3)16(4)9-14(17)10-18/h5-8,14,18H,9-11H2,1-4H3. The fourth-order valence-electron chi connectivity index (χ4n) is 2.59. The molecule has 100 valence electrons. The normalized spacial score (nSPS) is 24.3. The van der Waals surface area contributed by atoms with Gasteiger partial charge in [-0.25, -0.2) is 0 Å². The summed E-state index contributed by atoms with van der Waals surface area (Å²) in [5.41, 5.74) is 2.62. The van der Waals surface area contributed by atoms with Crippen LogP contribution in [-0.4, -0.2) is 48.3 Å². The monoisotopic (exact) mass is 248 g/mol. The molecule has 1 aliphatic heterocycles. The number of hydrogen-bond acceptors (Lipinski definition) is 3. The van der Waals surface area contributed by atoms with Crippen LogP contribution >= 0.6 is 0 Å². The van der Waals surface area contributed by atoms with Gasteiger partial charge in [0.25, 0.3) is 0 Å². The van der Waals surface area contributed by atoms with Gasteiger partial charge in [-0.15, -0.1) is 0 Å². The Kier molecular flexibility index (Phi) is 3.64. The predicted octanol–water partition coefficient (Wildman–Crippen LogP) is 1.89. The minimum Gasteiger partial charge on any atom is -0.394 e. The Bertz CT molecular complexity index is 417. The Morgan fingerprint density at radius 3 is 2.72 bits per heavy atom. The minimum atomic E-state index is 0.134. The molecule has 18 heavy (non-hydrogen) atoms. The quantitative estimate of drug-likeness (QED) is 0.866. The first kappa shape index (κ1) is 13.4. The van der Waals surface area contributed by atoms with Crippen molar-refractivity contribution in [3.63, 3.8) is 0 Å². The molecular formula is C15H24N2O. The summed E-state index contributed by atoms with van der Waals surface area (Å²) in [5.74, 6) is 0. The highest BCUT2D eigenvalue weighted by atomic mass is 16.3. The number of piperazine rings is 1. The zero-order valence-corrected chi connectivity index (χ0v) is 11.8. The highest BCUT2D eigenvalue weighted by Gasteiger charge is 2.36. The maximum Gasteiger partial charge on any atom is 0.0648 e. The molecule has 1 atom stereocenters. The number of aliphatic hydroxyl groups excluding tert-OH is 1. The first-order valence-electron chi connectivity index (χ1n) is 6.59. The molecule has 3 nitrogen and oxygen atoms in total. The van der Waals surface area contributed by atoms with Gasteiger partial charge in [-0.2, -0.15) is 0 Å². The number of hydrogen-bond donors (Lipinski definition) is 1. The van der Waals surface area contributed by atoms with Crippen molar-refractivity contribution in [2.24, 2.45) is 0 Å². The van der Waals surface area contributed by atoms with E-state index in [4.69, 9.17) is 0 Å². The maximum atomic E-state index is 9.61. The van der Waals surface area contributed by atoms with Crippen molar-refractivity contribution in [2.45, 2.75) is 32.4 Å². The summed E-state index contributed by atoms with van der Waals surface area (Å²) >= 11 is 0. The molecule has 0 amide bonds. The van der Waals surface area contributed by atoms with E-state index in [-0.39, 0.29) is 18.2 Å². The van der Waals surface area contributed by atoms with Gasteiger partial charge in [0.15, 0.2) is 0 Å². The summed E-state index contributed by atoms with van der Waals surface area (Å²) in [5, 5.41) is 9.61. The third kappa shape index (κ3) is 2.52. The van der Waals surface area contributed by atoms with Gasteiger partial charge in [-0.05, 0) is 45.5 Å². The number of likely N-dealkylation sites (N-methyl/N-ethyl adjacent to an activating group) is 1. The second-order valence-electron chi connectivity index (χ2n) is 6.00. The predicted molar refractivity (Wildman–Crippen MR) is 76.1 cm³/mol. The third-order valence-electron chi connectivity index (χ3n) is 4.06. The summed E-state index contributed by atoms with van der Waals surface area (Å²) in [4.78, 5) is 4.67. The number of anilines is 1. The SMILES string of the molecule is Cc1cccc(N2CC(C)(C)N(C)CC2CO)c1. The van der Waals surface area contributed by atoms with E-state index in [0.717, 1.165) is 13.1 Å². The molecule has 0 radical (unpaired) electrons. The van der Waals surface area contributed by atoms with E-state index in [1.165, 1.54) is 11.3 Å². The van der Waals surface area contributed by atoms with Crippen molar-refractivity contribution in [1.29, 1.82) is 0 Å². The summed E-state index contributed by atoms with van der Waals surface area (Å²) in [6.45, 7) is 8.66. The van der Waals surface area contributed by atoms with Gasteiger partial charge in [-0.1, -0.05) is 12.1 Å². The van der Waals surface area contributed by atoms with Crippen LogP contribution in [-0.2, 0) is 0 Å². The molecule has 1 aromatic carbocycles. The van der Waals surface area contributed by atoms with Crippen LogP contribution in [0.1, 0.15) is 19.4 Å². The van der Waals surface area contributed by atoms with Crippen LogP contribution in [0.5, 0.6) is 0 Å². The van der Waals surface area contributed by atoms with Crippen molar-refractivity contribution < 1.29 is 5.11 Å². The lowest BCUT2D eigenvalue weighted by Gasteiger charge is -2.50. The van der Waals surface area contributed by atoms with Crippen LogP contribution in [0.3, 0.4) is 0 Å². The van der Waals surface area contributed by atoms with Crippen LogP contribution in [0.25, 0.3) is 0 Å². The number of aryl methyl sites for hydroxylation is 1. The molecule has 1 heterocycles. The van der Waals surface area contributed by atoms with Crippen LogP contribution in [0.15, 0.2) is 24.3 Å². The lowest BCUT2D eigenvalue weighted by atomic mass is 9.95. The Morgan fingerprint density at radius 1 is 1.39 bits per heavy atom. The highest BCUT2D eigenvalue weighted by molar-refractivity contribution is 5.50. The van der Waals surface area contributed by atoms with Gasteiger partial charge in [0.05, 0.1) is 12.6 Å². The maximum absolute atomic E-state index is 9.61. The molecule has 0 aliphatic carbocycles. The van der Waals surface area contributed by atoms with E-state index < -0.39 is 0 Å². The second-order valence-corrected chi connectivity index (χ2v) is 6.00. The Labute approximate surface area is 110 Å². The number of nitrogens with zero attached hydrogens (tertiary/aromatic N) is 2. The fourth-order valence-corrected chi connectivity index (χ4v) is 2.59. The van der Waals surface area contributed by atoms with Crippen LogP contribution in [0.4, 0.5) is 5.69 Å². The van der Waals surface area contributed by atoms with E-state index in [1.807, 2.05) is 0 Å². The lowest BCUT2D eigenvalue weighted by Crippen LogP contribution is -2.63. The van der Waals surface area contributed by atoms with E-state index in [9.17, 15) is 5.11 Å². The molecule has 0 aromatic heterocycles. The largest absolute Gasteiger partial charge is 0.394 e. The molecule has 0 saturated carbocycles. The summed E-state index contributed by atoms with van der Waals surface area (Å²) in [6.07, 6.45) is 0. The molecular weight excluding hydrogens is 224 g/mol. The van der Waals surface area contributed by atoms with Gasteiger partial charge in [0.2, 0.25) is 0 Å². The van der Waals surface area contributed by atoms with Gasteiger partial charge < -0.3 is 10.0 Å². The third-order valence-corrected chi connectivity index (χ3v) is 4.06. The van der Waals surface area contributed by atoms with Gasteiger partial charge >= 0.3 is 0 Å². The second kappa shape index (κ2) is 4.90. The van der Waals surface area contributed by atoms with E-state index in [1.54, 1.807) is 0 Å². The average Bonchev–Trinajstić information content (AvgIpc) is 2.32. The van der Waals surface area contributed by atoms with Gasteiger partial charge in [0, 0.05) is 24.3 Å². The molecule has 1 aliphatic rings. The van der Waals surface area contributed by atoms with Crippen LogP contribution in [0.2, 0.25) is 0 Å². The van der Waals surface area contributed by atoms with Crippen molar-refractivity contribution in [3.8, 4) is 0 Å². The molecule has 1 N–H and O–H groups in total. The number of aliphatic hydroxyl groups is 1. The van der Waals surface area contributed by atoms with Crippen molar-refractivity contribution in [1.82, 2.24) is 4.90 Å². The first-order chi connectivity index (χ1) is 8.44. The van der Waals surface area contributed by atoms with Crippen molar-refractivity contribution in [2.75, 3.05) is 31.6 Å². The van der Waals surface area contributed by atoms with E-state index >= 15 is 0 Å². The molecule has 1 unspecified atom stereocenters. The van der Waals surface area contributed by atoms with E-state index in [2.05, 4.69) is 61.9 Å². The topological polar surface area (TPSA) is 26.7 Å². The molecule has 1 fully saturated rings. The first-order valence-corrected chi connectivity index (χ1v) is 6.59. The molecule has 0 spiro atoms. The summed E-state index contributed by atoms with van der Waals surface area (Å²) in [7, 11) is 2.14. The molecule has 0 bridgehead atoms. The van der Waals surface area contributed by atoms with Crippen molar-refractivity contribution in [3.05, 3.63) is 29.8 Å². The minimum absolute atomic E-state index is 0.134. The lowest BCUT2D eigenvalue weighted by molar-refractivity contribution is 0.0932. The highest BCUT2D eigenvalue weighted by Crippen LogP contribution is 2.28. The number of benzene rings is 1. The fraction of sp³-hybridized carbons (Fsp3) is 0.600. The van der Waals surface area contributed by atoms with Gasteiger partial charge in [0.1, 0.15) is 0 Å². The Balaban J connectivity index is 2.29. The average molecular weight is 248 g/mol.